The second-order valence-electron chi connectivity index (χ2n) is 3.61. The predicted octanol–water partition coefficient (Wildman–Crippen LogP) is 3.28. The standard InChI is InChI=1S/C12H18ClNOS/c1-16-8-3-2-7-14-9-10-11(13)5-4-6-12(10)15/h4-6,14-15H,2-3,7-9H2,1H3. The normalized spacial score (nSPS) is 10.6. The van der Waals surface area contributed by atoms with Crippen LogP contribution in [0.15, 0.2) is 18.2 Å². The van der Waals surface area contributed by atoms with E-state index in [1.54, 1.807) is 18.2 Å². The van der Waals surface area contributed by atoms with Crippen LogP contribution in [0.3, 0.4) is 0 Å². The number of thioether (sulfide) groups is 1. The van der Waals surface area contributed by atoms with E-state index in [1.807, 2.05) is 11.8 Å². The largest absolute Gasteiger partial charge is 0.508 e. The number of unbranched alkanes of at least 4 members (excludes halogenated alkanes) is 1. The van der Waals surface area contributed by atoms with Crippen LogP contribution in [0, 0.1) is 0 Å². The van der Waals surface area contributed by atoms with Crippen LogP contribution < -0.4 is 5.32 Å². The lowest BCUT2D eigenvalue weighted by molar-refractivity contribution is 0.464. The molecule has 0 aromatic heterocycles. The Bertz CT molecular complexity index is 300. The fourth-order valence-electron chi connectivity index (χ4n) is 1.43. The zero-order valence-electron chi connectivity index (χ0n) is 9.50. The molecule has 0 amide bonds. The molecule has 0 atom stereocenters. The monoisotopic (exact) mass is 259 g/mol. The second kappa shape index (κ2) is 7.82. The first-order chi connectivity index (χ1) is 7.75. The number of hydrogen-bond acceptors (Lipinski definition) is 3. The van der Waals surface area contributed by atoms with Gasteiger partial charge in [-0.25, -0.2) is 0 Å². The van der Waals surface area contributed by atoms with Gasteiger partial charge in [0.15, 0.2) is 0 Å². The summed E-state index contributed by atoms with van der Waals surface area (Å²) in [7, 11) is 0. The number of halogens is 1. The number of phenolic OH excluding ortho intramolecular Hbond substituents is 1. The summed E-state index contributed by atoms with van der Waals surface area (Å²) in [6.45, 7) is 1.59. The van der Waals surface area contributed by atoms with Gasteiger partial charge in [0.1, 0.15) is 5.75 Å². The van der Waals surface area contributed by atoms with Crippen molar-refractivity contribution >= 4 is 23.4 Å². The molecule has 0 aliphatic carbocycles. The molecule has 2 N–H and O–H groups in total. The van der Waals surface area contributed by atoms with Gasteiger partial charge in [-0.3, -0.25) is 0 Å². The van der Waals surface area contributed by atoms with Crippen LogP contribution in [-0.4, -0.2) is 23.7 Å². The maximum atomic E-state index is 9.60. The maximum absolute atomic E-state index is 9.60. The van der Waals surface area contributed by atoms with E-state index in [9.17, 15) is 5.11 Å². The Kier molecular flexibility index (Phi) is 6.69. The molecule has 0 aliphatic heterocycles. The first-order valence-electron chi connectivity index (χ1n) is 5.41. The van der Waals surface area contributed by atoms with Gasteiger partial charge in [0.05, 0.1) is 0 Å². The minimum atomic E-state index is 0.268. The number of rotatable bonds is 7. The van der Waals surface area contributed by atoms with Crippen molar-refractivity contribution in [1.82, 2.24) is 5.32 Å². The van der Waals surface area contributed by atoms with Crippen molar-refractivity contribution in [2.24, 2.45) is 0 Å². The van der Waals surface area contributed by atoms with E-state index in [0.29, 0.717) is 11.6 Å². The van der Waals surface area contributed by atoms with Crippen molar-refractivity contribution in [3.05, 3.63) is 28.8 Å². The van der Waals surface area contributed by atoms with E-state index in [2.05, 4.69) is 11.6 Å². The van der Waals surface area contributed by atoms with Gasteiger partial charge in [-0.05, 0) is 43.5 Å². The zero-order valence-corrected chi connectivity index (χ0v) is 11.1. The zero-order chi connectivity index (χ0) is 11.8. The summed E-state index contributed by atoms with van der Waals surface area (Å²) in [5, 5.41) is 13.5. The summed E-state index contributed by atoms with van der Waals surface area (Å²) in [5.74, 6) is 1.48. The molecule has 16 heavy (non-hydrogen) atoms. The fraction of sp³-hybridized carbons (Fsp3) is 0.500. The van der Waals surface area contributed by atoms with Gasteiger partial charge < -0.3 is 10.4 Å². The quantitative estimate of drug-likeness (QED) is 0.737. The molecule has 4 heteroatoms. The van der Waals surface area contributed by atoms with Gasteiger partial charge >= 0.3 is 0 Å². The number of nitrogens with one attached hydrogen (secondary N) is 1. The lowest BCUT2D eigenvalue weighted by Gasteiger charge is -2.08. The Balaban J connectivity index is 2.26. The van der Waals surface area contributed by atoms with E-state index >= 15 is 0 Å². The summed E-state index contributed by atoms with van der Waals surface area (Å²) in [5.41, 5.74) is 0.786. The average Bonchev–Trinajstić information content (AvgIpc) is 2.26. The molecule has 0 saturated heterocycles. The van der Waals surface area contributed by atoms with Gasteiger partial charge in [0.25, 0.3) is 0 Å². The van der Waals surface area contributed by atoms with Crippen LogP contribution in [0.5, 0.6) is 5.75 Å². The molecule has 0 radical (unpaired) electrons. The predicted molar refractivity (Wildman–Crippen MR) is 72.4 cm³/mol. The van der Waals surface area contributed by atoms with E-state index in [4.69, 9.17) is 11.6 Å². The molecule has 1 aromatic rings. The molecule has 0 spiro atoms. The molecular formula is C12H18ClNOS. The molecule has 0 unspecified atom stereocenters. The maximum Gasteiger partial charge on any atom is 0.121 e. The number of phenols is 1. The van der Waals surface area contributed by atoms with Crippen LogP contribution in [-0.2, 0) is 6.54 Å². The molecule has 1 aromatic carbocycles. The molecule has 0 aliphatic rings. The third kappa shape index (κ3) is 4.64. The van der Waals surface area contributed by atoms with Crippen molar-refractivity contribution < 1.29 is 5.11 Å². The Morgan fingerprint density at radius 1 is 1.38 bits per heavy atom. The van der Waals surface area contributed by atoms with Gasteiger partial charge in [-0.15, -0.1) is 0 Å². The highest BCUT2D eigenvalue weighted by Gasteiger charge is 2.04. The van der Waals surface area contributed by atoms with Crippen LogP contribution in [0.1, 0.15) is 18.4 Å². The molecule has 2 nitrogen and oxygen atoms in total. The summed E-state index contributed by atoms with van der Waals surface area (Å²) >= 11 is 7.86. The van der Waals surface area contributed by atoms with E-state index in [1.165, 1.54) is 12.2 Å². The van der Waals surface area contributed by atoms with E-state index in [0.717, 1.165) is 18.5 Å². The summed E-state index contributed by atoms with van der Waals surface area (Å²) < 4.78 is 0. The molecule has 90 valence electrons. The average molecular weight is 260 g/mol. The highest BCUT2D eigenvalue weighted by atomic mass is 35.5. The van der Waals surface area contributed by atoms with Crippen molar-refractivity contribution in [3.63, 3.8) is 0 Å². The highest BCUT2D eigenvalue weighted by molar-refractivity contribution is 7.98. The van der Waals surface area contributed by atoms with Crippen LogP contribution in [0.25, 0.3) is 0 Å². The molecular weight excluding hydrogens is 242 g/mol. The lowest BCUT2D eigenvalue weighted by Crippen LogP contribution is -2.15. The molecule has 1 rings (SSSR count). The van der Waals surface area contributed by atoms with Crippen LogP contribution >= 0.6 is 23.4 Å². The summed E-state index contributed by atoms with van der Waals surface area (Å²) in [4.78, 5) is 0. The van der Waals surface area contributed by atoms with Crippen molar-refractivity contribution in [2.45, 2.75) is 19.4 Å². The van der Waals surface area contributed by atoms with Crippen LogP contribution in [0.4, 0.5) is 0 Å². The molecule has 0 saturated carbocycles. The van der Waals surface area contributed by atoms with Crippen molar-refractivity contribution in [2.75, 3.05) is 18.6 Å². The second-order valence-corrected chi connectivity index (χ2v) is 5.01. The first kappa shape index (κ1) is 13.7. The highest BCUT2D eigenvalue weighted by Crippen LogP contribution is 2.24. The summed E-state index contributed by atoms with van der Waals surface area (Å²) in [6.07, 6.45) is 4.50. The number of hydrogen-bond donors (Lipinski definition) is 2. The van der Waals surface area contributed by atoms with Crippen LogP contribution in [0.2, 0.25) is 5.02 Å². The third-order valence-corrected chi connectivity index (χ3v) is 3.40. The van der Waals surface area contributed by atoms with Gasteiger partial charge in [0.2, 0.25) is 0 Å². The lowest BCUT2D eigenvalue weighted by atomic mass is 10.2. The topological polar surface area (TPSA) is 32.3 Å². The Hall–Kier alpha value is -0.380. The Labute approximate surface area is 106 Å². The smallest absolute Gasteiger partial charge is 0.121 e. The Morgan fingerprint density at radius 2 is 2.19 bits per heavy atom. The summed E-state index contributed by atoms with van der Waals surface area (Å²) in [6, 6.07) is 5.21. The van der Waals surface area contributed by atoms with Gasteiger partial charge in [0, 0.05) is 17.1 Å². The fourth-order valence-corrected chi connectivity index (χ4v) is 2.16. The van der Waals surface area contributed by atoms with Crippen molar-refractivity contribution in [1.29, 1.82) is 0 Å². The van der Waals surface area contributed by atoms with E-state index < -0.39 is 0 Å². The SMILES string of the molecule is CSCCCCNCc1c(O)cccc1Cl. The van der Waals surface area contributed by atoms with E-state index in [-0.39, 0.29) is 5.75 Å². The molecule has 0 bridgehead atoms. The third-order valence-electron chi connectivity index (χ3n) is 2.35. The van der Waals surface area contributed by atoms with Gasteiger partial charge in [-0.1, -0.05) is 17.7 Å². The first-order valence-corrected chi connectivity index (χ1v) is 7.19. The minimum absolute atomic E-state index is 0.268. The van der Waals surface area contributed by atoms with Crippen molar-refractivity contribution in [3.8, 4) is 5.75 Å². The minimum Gasteiger partial charge on any atom is -0.508 e. The van der Waals surface area contributed by atoms with Gasteiger partial charge in [-0.2, -0.15) is 11.8 Å². The Morgan fingerprint density at radius 3 is 2.88 bits per heavy atom. The molecule has 0 heterocycles. The number of benzene rings is 1. The molecule has 0 fully saturated rings. The number of aromatic hydroxyl groups is 1.